The molecule has 5 rings (SSSR count). The Hall–Kier alpha value is -4.25. The molecule has 0 bridgehead atoms. The predicted octanol–water partition coefficient (Wildman–Crippen LogP) is 4.47. The van der Waals surface area contributed by atoms with E-state index in [1.165, 1.54) is 28.7 Å². The number of hydrogen-bond acceptors (Lipinski definition) is 5. The van der Waals surface area contributed by atoms with Crippen molar-refractivity contribution in [3.8, 4) is 11.3 Å². The van der Waals surface area contributed by atoms with E-state index in [4.69, 9.17) is 5.10 Å². The van der Waals surface area contributed by atoms with Crippen molar-refractivity contribution < 1.29 is 18.0 Å². The fourth-order valence-corrected chi connectivity index (χ4v) is 4.61. The number of nitrogens with zero attached hydrogens (tertiary/aromatic N) is 7. The van der Waals surface area contributed by atoms with Gasteiger partial charge in [0.05, 0.1) is 17.6 Å². The minimum atomic E-state index is -4.49. The fraction of sp³-hybridized carbons (Fsp3) is 0.286. The third kappa shape index (κ3) is 5.78. The van der Waals surface area contributed by atoms with Gasteiger partial charge in [-0.1, -0.05) is 42.5 Å². The van der Waals surface area contributed by atoms with E-state index in [1.807, 2.05) is 23.1 Å². The normalized spacial score (nSPS) is 14.8. The molecule has 1 saturated heterocycles. The quantitative estimate of drug-likeness (QED) is 0.268. The first-order chi connectivity index (χ1) is 18.7. The Balaban J connectivity index is 1.52. The molecule has 0 saturated carbocycles. The Kier molecular flexibility index (Phi) is 7.34. The number of aromatic nitrogens is 3. The highest BCUT2D eigenvalue weighted by molar-refractivity contribution is 6.07. The highest BCUT2D eigenvalue weighted by Crippen LogP contribution is 2.33. The predicted molar refractivity (Wildman–Crippen MR) is 144 cm³/mol. The topological polar surface area (TPSA) is 69.3 Å². The molecule has 39 heavy (non-hydrogen) atoms. The van der Waals surface area contributed by atoms with Crippen molar-refractivity contribution in [2.45, 2.75) is 12.7 Å². The summed E-state index contributed by atoms with van der Waals surface area (Å²) in [5.74, 6) is -0.101. The molecule has 11 heteroatoms. The molecule has 0 aliphatic carbocycles. The van der Waals surface area contributed by atoms with Crippen LogP contribution < -0.4 is 4.90 Å². The summed E-state index contributed by atoms with van der Waals surface area (Å²) in [7, 11) is 3.51. The van der Waals surface area contributed by atoms with Crippen LogP contribution in [0.3, 0.4) is 0 Å². The molecule has 8 nitrogen and oxygen atoms in total. The van der Waals surface area contributed by atoms with Gasteiger partial charge in [-0.25, -0.2) is 9.50 Å². The van der Waals surface area contributed by atoms with Crippen LogP contribution in [0.2, 0.25) is 0 Å². The summed E-state index contributed by atoms with van der Waals surface area (Å²) >= 11 is 0. The zero-order valence-corrected chi connectivity index (χ0v) is 21.6. The van der Waals surface area contributed by atoms with Gasteiger partial charge in [0.1, 0.15) is 5.56 Å². The van der Waals surface area contributed by atoms with Crippen LogP contribution in [0.4, 0.5) is 19.0 Å². The molecule has 1 amide bonds. The van der Waals surface area contributed by atoms with Crippen molar-refractivity contribution in [2.24, 2.45) is 4.99 Å². The average Bonchev–Trinajstić information content (AvgIpc) is 3.32. The monoisotopic (exact) mass is 535 g/mol. The summed E-state index contributed by atoms with van der Waals surface area (Å²) < 4.78 is 41.7. The molecule has 2 aromatic carbocycles. The van der Waals surface area contributed by atoms with Gasteiger partial charge in [-0.05, 0) is 23.8 Å². The Morgan fingerprint density at radius 3 is 2.46 bits per heavy atom. The summed E-state index contributed by atoms with van der Waals surface area (Å²) in [5.41, 5.74) is 1.63. The first-order valence-electron chi connectivity index (χ1n) is 12.5. The highest BCUT2D eigenvalue weighted by Gasteiger charge is 2.32. The van der Waals surface area contributed by atoms with Crippen molar-refractivity contribution >= 4 is 23.7 Å². The van der Waals surface area contributed by atoms with Crippen molar-refractivity contribution in [3.05, 3.63) is 83.6 Å². The molecule has 0 spiro atoms. The number of halogens is 3. The SMILES string of the molecule is CN(C)/C=N/C(=O)c1c(N2CCN(Cc3ccccc3)CC2)nn2c(-c3cccc(C(F)(F)F)c3)ccnc12. The highest BCUT2D eigenvalue weighted by atomic mass is 19.4. The largest absolute Gasteiger partial charge is 0.416 e. The first-order valence-corrected chi connectivity index (χ1v) is 12.5. The Morgan fingerprint density at radius 1 is 1.03 bits per heavy atom. The molecule has 2 aromatic heterocycles. The average molecular weight is 536 g/mol. The van der Waals surface area contributed by atoms with Crippen LogP contribution in [0.1, 0.15) is 21.5 Å². The van der Waals surface area contributed by atoms with E-state index in [0.29, 0.717) is 30.2 Å². The third-order valence-electron chi connectivity index (χ3n) is 6.53. The van der Waals surface area contributed by atoms with Crippen LogP contribution in [0, 0.1) is 0 Å². The number of rotatable bonds is 6. The van der Waals surface area contributed by atoms with E-state index in [9.17, 15) is 18.0 Å². The Labute approximate surface area is 224 Å². The van der Waals surface area contributed by atoms with Crippen LogP contribution in [0.5, 0.6) is 0 Å². The lowest BCUT2D eigenvalue weighted by molar-refractivity contribution is -0.137. The van der Waals surface area contributed by atoms with Gasteiger partial charge < -0.3 is 9.80 Å². The van der Waals surface area contributed by atoms with Gasteiger partial charge in [-0.3, -0.25) is 9.69 Å². The molecule has 0 radical (unpaired) electrons. The molecule has 4 aromatic rings. The number of carbonyl (C=O) groups excluding carboxylic acids is 1. The zero-order valence-electron chi connectivity index (χ0n) is 21.6. The van der Waals surface area contributed by atoms with Gasteiger partial charge in [0.2, 0.25) is 0 Å². The summed E-state index contributed by atoms with van der Waals surface area (Å²) in [6, 6.07) is 16.8. The van der Waals surface area contributed by atoms with Gasteiger partial charge in [0.25, 0.3) is 5.91 Å². The van der Waals surface area contributed by atoms with E-state index in [-0.39, 0.29) is 11.2 Å². The van der Waals surface area contributed by atoms with Gasteiger partial charge in [0.15, 0.2) is 11.5 Å². The maximum absolute atomic E-state index is 13.4. The molecule has 0 atom stereocenters. The number of piperazine rings is 1. The van der Waals surface area contributed by atoms with Crippen LogP contribution in [0.15, 0.2) is 71.9 Å². The molecule has 0 N–H and O–H groups in total. The van der Waals surface area contributed by atoms with Gasteiger partial charge in [0, 0.05) is 58.6 Å². The molecule has 1 aliphatic heterocycles. The second-order valence-electron chi connectivity index (χ2n) is 9.60. The standard InChI is InChI=1S/C28H28F3N7O/c1-35(2)19-33-27(39)24-25-32-12-11-23(21-9-6-10-22(17-21)28(29,30)31)38(25)34-26(24)37-15-13-36(14-16-37)18-20-7-4-3-5-8-20/h3-12,17,19H,13-16,18H2,1-2H3/b33-19+. The smallest absolute Gasteiger partial charge is 0.369 e. The number of carbonyl (C=O) groups is 1. The number of fused-ring (bicyclic) bond motifs is 1. The molecule has 202 valence electrons. The van der Waals surface area contributed by atoms with Crippen molar-refractivity contribution in [1.29, 1.82) is 0 Å². The molecule has 3 heterocycles. The van der Waals surface area contributed by atoms with Crippen molar-refractivity contribution in [1.82, 2.24) is 24.4 Å². The van der Waals surface area contributed by atoms with E-state index in [1.54, 1.807) is 31.1 Å². The number of amides is 1. The number of hydrogen-bond donors (Lipinski definition) is 0. The van der Waals surface area contributed by atoms with E-state index < -0.39 is 17.6 Å². The Bertz CT molecular complexity index is 1490. The molecule has 0 unspecified atom stereocenters. The number of benzene rings is 2. The molecule has 1 fully saturated rings. The van der Waals surface area contributed by atoms with E-state index in [0.717, 1.165) is 31.8 Å². The third-order valence-corrected chi connectivity index (χ3v) is 6.53. The Morgan fingerprint density at radius 2 is 1.77 bits per heavy atom. The number of alkyl halides is 3. The lowest BCUT2D eigenvalue weighted by Crippen LogP contribution is -2.46. The van der Waals surface area contributed by atoms with Crippen LogP contribution in [-0.2, 0) is 12.7 Å². The van der Waals surface area contributed by atoms with Crippen LogP contribution in [-0.4, -0.2) is 76.9 Å². The zero-order chi connectivity index (χ0) is 27.6. The lowest BCUT2D eigenvalue weighted by Gasteiger charge is -2.35. The van der Waals surface area contributed by atoms with Gasteiger partial charge in [-0.15, -0.1) is 5.10 Å². The van der Waals surface area contributed by atoms with Gasteiger partial charge in [-0.2, -0.15) is 18.2 Å². The maximum Gasteiger partial charge on any atom is 0.416 e. The minimum Gasteiger partial charge on any atom is -0.369 e. The summed E-state index contributed by atoms with van der Waals surface area (Å²) in [6.07, 6.45) is -1.61. The van der Waals surface area contributed by atoms with Crippen molar-refractivity contribution in [3.63, 3.8) is 0 Å². The lowest BCUT2D eigenvalue weighted by atomic mass is 10.1. The van der Waals surface area contributed by atoms with Gasteiger partial charge >= 0.3 is 6.18 Å². The molecular formula is C28H28F3N7O. The second kappa shape index (κ2) is 10.9. The van der Waals surface area contributed by atoms with Crippen LogP contribution in [0.25, 0.3) is 16.9 Å². The molecular weight excluding hydrogens is 507 g/mol. The van der Waals surface area contributed by atoms with E-state index in [2.05, 4.69) is 27.0 Å². The van der Waals surface area contributed by atoms with E-state index >= 15 is 0 Å². The first kappa shape index (κ1) is 26.4. The van der Waals surface area contributed by atoms with Crippen molar-refractivity contribution in [2.75, 3.05) is 45.2 Å². The fourth-order valence-electron chi connectivity index (χ4n) is 4.61. The number of anilines is 1. The maximum atomic E-state index is 13.4. The van der Waals surface area contributed by atoms with Crippen LogP contribution >= 0.6 is 0 Å². The second-order valence-corrected chi connectivity index (χ2v) is 9.60. The number of aliphatic imine (C=N–C) groups is 1. The minimum absolute atomic E-state index is 0.221. The summed E-state index contributed by atoms with van der Waals surface area (Å²) in [5, 5.41) is 4.73. The summed E-state index contributed by atoms with van der Waals surface area (Å²) in [6.45, 7) is 3.57. The summed E-state index contributed by atoms with van der Waals surface area (Å²) in [4.78, 5) is 27.8. The molecule has 1 aliphatic rings.